The van der Waals surface area contributed by atoms with Crippen molar-refractivity contribution in [2.75, 3.05) is 17.7 Å². The highest BCUT2D eigenvalue weighted by molar-refractivity contribution is 5.71. The van der Waals surface area contributed by atoms with Crippen LogP contribution < -0.4 is 10.6 Å². The number of benzene rings is 2. The molecular weight excluding hydrogens is 249 g/mol. The first-order valence-corrected chi connectivity index (χ1v) is 5.52. The van der Waals surface area contributed by atoms with E-state index in [0.717, 1.165) is 5.69 Å². The lowest BCUT2D eigenvalue weighted by Gasteiger charge is -2.19. The molecule has 0 heterocycles. The Morgan fingerprint density at radius 2 is 1.74 bits per heavy atom. The lowest BCUT2D eigenvalue weighted by atomic mass is 10.2. The van der Waals surface area contributed by atoms with Gasteiger partial charge in [0.05, 0.1) is 4.92 Å². The van der Waals surface area contributed by atoms with Crippen molar-refractivity contribution in [3.05, 3.63) is 58.4 Å². The topological polar surface area (TPSA) is 72.4 Å². The van der Waals surface area contributed by atoms with Crippen molar-refractivity contribution in [3.63, 3.8) is 0 Å². The molecule has 0 aliphatic heterocycles. The van der Waals surface area contributed by atoms with E-state index in [1.54, 1.807) is 30.1 Å². The lowest BCUT2D eigenvalue weighted by molar-refractivity contribution is -0.383. The maximum atomic E-state index is 12.8. The first kappa shape index (κ1) is 12.8. The molecule has 5 nitrogen and oxygen atoms in total. The van der Waals surface area contributed by atoms with Crippen LogP contribution in [0.3, 0.4) is 0 Å². The summed E-state index contributed by atoms with van der Waals surface area (Å²) in [5.41, 5.74) is 7.05. The summed E-state index contributed by atoms with van der Waals surface area (Å²) < 4.78 is 12.8. The summed E-state index contributed by atoms with van der Waals surface area (Å²) in [6, 6.07) is 10.4. The van der Waals surface area contributed by atoms with Crippen LogP contribution in [0.15, 0.2) is 42.5 Å². The van der Waals surface area contributed by atoms with Crippen molar-refractivity contribution < 1.29 is 9.31 Å². The zero-order valence-corrected chi connectivity index (χ0v) is 10.2. The van der Waals surface area contributed by atoms with E-state index >= 15 is 0 Å². The van der Waals surface area contributed by atoms with E-state index in [9.17, 15) is 14.5 Å². The maximum absolute atomic E-state index is 12.8. The van der Waals surface area contributed by atoms with Crippen LogP contribution in [0.25, 0.3) is 0 Å². The summed E-state index contributed by atoms with van der Waals surface area (Å²) in [4.78, 5) is 11.9. The quantitative estimate of drug-likeness (QED) is 0.523. The van der Waals surface area contributed by atoms with Gasteiger partial charge >= 0.3 is 0 Å². The average molecular weight is 261 g/mol. The number of hydrogen-bond donors (Lipinski definition) is 1. The SMILES string of the molecule is CN(c1ccc(F)cc1)c1ccc([N+](=O)[O-])c(N)c1. The van der Waals surface area contributed by atoms with Gasteiger partial charge in [-0.05, 0) is 36.4 Å². The van der Waals surface area contributed by atoms with Crippen molar-refractivity contribution in [1.29, 1.82) is 0 Å². The van der Waals surface area contributed by atoms with Crippen molar-refractivity contribution in [2.24, 2.45) is 0 Å². The predicted molar refractivity (Wildman–Crippen MR) is 72.0 cm³/mol. The predicted octanol–water partition coefficient (Wildman–Crippen LogP) is 3.08. The molecule has 0 aromatic heterocycles. The van der Waals surface area contributed by atoms with E-state index in [4.69, 9.17) is 5.73 Å². The van der Waals surface area contributed by atoms with Crippen molar-refractivity contribution in [3.8, 4) is 0 Å². The Morgan fingerprint density at radius 3 is 2.26 bits per heavy atom. The fourth-order valence-corrected chi connectivity index (χ4v) is 1.73. The van der Waals surface area contributed by atoms with Gasteiger partial charge < -0.3 is 10.6 Å². The van der Waals surface area contributed by atoms with Gasteiger partial charge in [0.1, 0.15) is 11.5 Å². The first-order chi connectivity index (χ1) is 8.99. The zero-order valence-electron chi connectivity index (χ0n) is 10.2. The minimum atomic E-state index is -0.531. The molecule has 0 aliphatic rings. The largest absolute Gasteiger partial charge is 0.393 e. The van der Waals surface area contributed by atoms with E-state index < -0.39 is 4.92 Å². The highest BCUT2D eigenvalue weighted by Gasteiger charge is 2.13. The summed E-state index contributed by atoms with van der Waals surface area (Å²) in [7, 11) is 1.77. The number of nitro benzene ring substituents is 1. The number of nitrogen functional groups attached to an aromatic ring is 1. The Labute approximate surface area is 109 Å². The zero-order chi connectivity index (χ0) is 14.0. The molecule has 98 valence electrons. The van der Waals surface area contributed by atoms with Gasteiger partial charge in [0, 0.05) is 24.5 Å². The molecule has 2 aromatic carbocycles. The third-order valence-corrected chi connectivity index (χ3v) is 2.81. The molecule has 2 rings (SSSR count). The molecule has 0 atom stereocenters. The number of nitro groups is 1. The van der Waals surface area contributed by atoms with Crippen LogP contribution in [0, 0.1) is 15.9 Å². The summed E-state index contributed by atoms with van der Waals surface area (Å²) in [6.45, 7) is 0. The summed E-state index contributed by atoms with van der Waals surface area (Å²) in [5, 5.41) is 10.7. The van der Waals surface area contributed by atoms with Gasteiger partial charge in [-0.25, -0.2) is 4.39 Å². The molecule has 0 aliphatic carbocycles. The fourth-order valence-electron chi connectivity index (χ4n) is 1.73. The van der Waals surface area contributed by atoms with E-state index in [2.05, 4.69) is 0 Å². The molecule has 0 spiro atoms. The normalized spacial score (nSPS) is 10.2. The number of nitrogens with zero attached hydrogens (tertiary/aromatic N) is 2. The number of hydrogen-bond acceptors (Lipinski definition) is 4. The molecule has 2 N–H and O–H groups in total. The van der Waals surface area contributed by atoms with Crippen molar-refractivity contribution >= 4 is 22.7 Å². The highest BCUT2D eigenvalue weighted by atomic mass is 19.1. The van der Waals surface area contributed by atoms with E-state index in [1.807, 2.05) is 0 Å². The monoisotopic (exact) mass is 261 g/mol. The lowest BCUT2D eigenvalue weighted by Crippen LogP contribution is -2.10. The van der Waals surface area contributed by atoms with Gasteiger partial charge in [-0.15, -0.1) is 0 Å². The van der Waals surface area contributed by atoms with Gasteiger partial charge in [-0.1, -0.05) is 0 Å². The Kier molecular flexibility index (Phi) is 3.33. The minimum Gasteiger partial charge on any atom is -0.393 e. The first-order valence-electron chi connectivity index (χ1n) is 5.52. The standard InChI is InChI=1S/C13H12FN3O2/c1-16(10-4-2-9(14)3-5-10)11-6-7-13(17(18)19)12(15)8-11/h2-8H,15H2,1H3. The third kappa shape index (κ3) is 2.62. The number of halogens is 1. The summed E-state index contributed by atoms with van der Waals surface area (Å²) in [5.74, 6) is -0.319. The van der Waals surface area contributed by atoms with Crippen LogP contribution in [0.2, 0.25) is 0 Å². The molecule has 19 heavy (non-hydrogen) atoms. The number of nitrogens with two attached hydrogens (primary N) is 1. The molecule has 6 heteroatoms. The van der Waals surface area contributed by atoms with Crippen LogP contribution in [0.5, 0.6) is 0 Å². The second-order valence-corrected chi connectivity index (χ2v) is 4.04. The second kappa shape index (κ2) is 4.93. The van der Waals surface area contributed by atoms with Gasteiger partial charge in [0.2, 0.25) is 0 Å². The molecule has 2 aromatic rings. The Hall–Kier alpha value is -2.63. The molecule has 0 saturated carbocycles. The van der Waals surface area contributed by atoms with Gasteiger partial charge in [0.15, 0.2) is 0 Å². The smallest absolute Gasteiger partial charge is 0.292 e. The number of anilines is 3. The van der Waals surface area contributed by atoms with E-state index in [1.165, 1.54) is 24.3 Å². The van der Waals surface area contributed by atoms with Crippen LogP contribution in [-0.2, 0) is 0 Å². The van der Waals surface area contributed by atoms with E-state index in [0.29, 0.717) is 5.69 Å². The molecule has 0 fully saturated rings. The minimum absolute atomic E-state index is 0.0939. The van der Waals surface area contributed by atoms with Crippen molar-refractivity contribution in [2.45, 2.75) is 0 Å². The maximum Gasteiger partial charge on any atom is 0.292 e. The Bertz CT molecular complexity index is 614. The molecule has 0 saturated heterocycles. The van der Waals surface area contributed by atoms with Gasteiger partial charge in [-0.2, -0.15) is 0 Å². The van der Waals surface area contributed by atoms with Crippen LogP contribution >= 0.6 is 0 Å². The van der Waals surface area contributed by atoms with Crippen LogP contribution in [0.1, 0.15) is 0 Å². The molecule has 0 bridgehead atoms. The molecule has 0 unspecified atom stereocenters. The summed E-state index contributed by atoms with van der Waals surface area (Å²) in [6.07, 6.45) is 0. The van der Waals surface area contributed by atoms with Gasteiger partial charge in [0.25, 0.3) is 5.69 Å². The molecular formula is C13H12FN3O2. The summed E-state index contributed by atoms with van der Waals surface area (Å²) >= 11 is 0. The number of rotatable bonds is 3. The Balaban J connectivity index is 2.34. The van der Waals surface area contributed by atoms with Crippen LogP contribution in [-0.4, -0.2) is 12.0 Å². The highest BCUT2D eigenvalue weighted by Crippen LogP contribution is 2.30. The molecule has 0 amide bonds. The Morgan fingerprint density at radius 1 is 1.16 bits per heavy atom. The third-order valence-electron chi connectivity index (χ3n) is 2.81. The average Bonchev–Trinajstić information content (AvgIpc) is 2.38. The van der Waals surface area contributed by atoms with Gasteiger partial charge in [-0.3, -0.25) is 10.1 Å². The van der Waals surface area contributed by atoms with Crippen LogP contribution in [0.4, 0.5) is 27.1 Å². The molecule has 0 radical (unpaired) electrons. The fraction of sp³-hybridized carbons (Fsp3) is 0.0769. The second-order valence-electron chi connectivity index (χ2n) is 4.04. The van der Waals surface area contributed by atoms with Crippen molar-refractivity contribution in [1.82, 2.24) is 0 Å². The van der Waals surface area contributed by atoms with E-state index in [-0.39, 0.29) is 17.2 Å².